The number of hydrogen-bond acceptors (Lipinski definition) is 2. The van der Waals surface area contributed by atoms with Crippen molar-refractivity contribution in [3.8, 4) is 0 Å². The van der Waals surface area contributed by atoms with Crippen LogP contribution in [0, 0.1) is 0 Å². The van der Waals surface area contributed by atoms with Crippen LogP contribution in [-0.2, 0) is 16.0 Å². The molecule has 0 N–H and O–H groups in total. The molecule has 0 bridgehead atoms. The summed E-state index contributed by atoms with van der Waals surface area (Å²) < 4.78 is 4.87. The molecule has 0 radical (unpaired) electrons. The first kappa shape index (κ1) is 14.0. The van der Waals surface area contributed by atoms with Gasteiger partial charge in [0.2, 0.25) is 0 Å². The van der Waals surface area contributed by atoms with Gasteiger partial charge in [-0.15, -0.1) is 0 Å². The van der Waals surface area contributed by atoms with E-state index in [9.17, 15) is 4.79 Å². The molecule has 17 heavy (non-hydrogen) atoms. The van der Waals surface area contributed by atoms with E-state index in [0.717, 1.165) is 24.3 Å². The molecule has 0 aliphatic heterocycles. The lowest BCUT2D eigenvalue weighted by Gasteiger charge is -2.03. The maximum Gasteiger partial charge on any atom is 0.302 e. The van der Waals surface area contributed by atoms with Gasteiger partial charge in [0.1, 0.15) is 0 Å². The normalized spacial score (nSPS) is 10.2. The van der Waals surface area contributed by atoms with Crippen LogP contribution in [0.2, 0.25) is 5.02 Å². The highest BCUT2D eigenvalue weighted by atomic mass is 35.5. The SMILES string of the molecule is CC(=O)OCCCCCCc1ccc(Cl)cc1. The van der Waals surface area contributed by atoms with E-state index in [1.165, 1.54) is 25.3 Å². The summed E-state index contributed by atoms with van der Waals surface area (Å²) in [5.74, 6) is -0.189. The zero-order valence-corrected chi connectivity index (χ0v) is 11.0. The fraction of sp³-hybridized carbons (Fsp3) is 0.500. The molecule has 1 aromatic carbocycles. The van der Waals surface area contributed by atoms with E-state index in [1.54, 1.807) is 0 Å². The van der Waals surface area contributed by atoms with Crippen LogP contribution in [-0.4, -0.2) is 12.6 Å². The molecule has 0 saturated carbocycles. The predicted octanol–water partition coefficient (Wildman–Crippen LogP) is 4.01. The van der Waals surface area contributed by atoms with Gasteiger partial charge in [0.15, 0.2) is 0 Å². The van der Waals surface area contributed by atoms with Crippen LogP contribution < -0.4 is 0 Å². The van der Waals surface area contributed by atoms with Gasteiger partial charge in [0, 0.05) is 11.9 Å². The highest BCUT2D eigenvalue weighted by Crippen LogP contribution is 2.12. The van der Waals surface area contributed by atoms with Gasteiger partial charge in [-0.25, -0.2) is 0 Å². The lowest BCUT2D eigenvalue weighted by molar-refractivity contribution is -0.141. The van der Waals surface area contributed by atoms with Crippen LogP contribution >= 0.6 is 11.6 Å². The highest BCUT2D eigenvalue weighted by Gasteiger charge is 1.96. The topological polar surface area (TPSA) is 26.3 Å². The quantitative estimate of drug-likeness (QED) is 0.543. The number of unbranched alkanes of at least 4 members (excludes halogenated alkanes) is 3. The van der Waals surface area contributed by atoms with Crippen molar-refractivity contribution in [2.24, 2.45) is 0 Å². The van der Waals surface area contributed by atoms with Crippen molar-refractivity contribution >= 4 is 17.6 Å². The maximum absolute atomic E-state index is 10.5. The number of ether oxygens (including phenoxy) is 1. The highest BCUT2D eigenvalue weighted by molar-refractivity contribution is 6.30. The number of benzene rings is 1. The summed E-state index contributed by atoms with van der Waals surface area (Å²) in [7, 11) is 0. The number of halogens is 1. The molecule has 0 heterocycles. The first-order valence-electron chi connectivity index (χ1n) is 6.06. The molecule has 0 atom stereocenters. The first-order chi connectivity index (χ1) is 8.18. The van der Waals surface area contributed by atoms with E-state index in [-0.39, 0.29) is 5.97 Å². The molecule has 1 aromatic rings. The zero-order chi connectivity index (χ0) is 12.5. The second kappa shape index (κ2) is 8.13. The molecule has 0 amide bonds. The molecule has 0 aromatic heterocycles. The Balaban J connectivity index is 2.01. The Bertz CT molecular complexity index is 333. The standard InChI is InChI=1S/C14H19ClO2/c1-12(16)17-11-5-3-2-4-6-13-7-9-14(15)10-8-13/h7-10H,2-6,11H2,1H3. The Morgan fingerprint density at radius 3 is 2.41 bits per heavy atom. The van der Waals surface area contributed by atoms with Gasteiger partial charge in [-0.3, -0.25) is 4.79 Å². The Kier molecular flexibility index (Phi) is 6.71. The Morgan fingerprint density at radius 2 is 1.76 bits per heavy atom. The molecule has 0 fully saturated rings. The molecule has 0 aliphatic carbocycles. The van der Waals surface area contributed by atoms with E-state index in [2.05, 4.69) is 12.1 Å². The minimum absolute atomic E-state index is 0.189. The van der Waals surface area contributed by atoms with Gasteiger partial charge in [0.05, 0.1) is 6.61 Å². The third kappa shape index (κ3) is 7.01. The van der Waals surface area contributed by atoms with Crippen LogP contribution in [0.1, 0.15) is 38.2 Å². The third-order valence-corrected chi connectivity index (χ3v) is 2.83. The smallest absolute Gasteiger partial charge is 0.302 e. The van der Waals surface area contributed by atoms with Gasteiger partial charge >= 0.3 is 5.97 Å². The van der Waals surface area contributed by atoms with E-state index in [4.69, 9.17) is 16.3 Å². The van der Waals surface area contributed by atoms with E-state index in [0.29, 0.717) is 6.61 Å². The molecule has 0 saturated heterocycles. The van der Waals surface area contributed by atoms with Crippen LogP contribution in [0.3, 0.4) is 0 Å². The molecule has 0 unspecified atom stereocenters. The average Bonchev–Trinajstić information content (AvgIpc) is 2.30. The van der Waals surface area contributed by atoms with Gasteiger partial charge in [0.25, 0.3) is 0 Å². The van der Waals surface area contributed by atoms with E-state index in [1.807, 2.05) is 12.1 Å². The zero-order valence-electron chi connectivity index (χ0n) is 10.2. The number of esters is 1. The minimum Gasteiger partial charge on any atom is -0.466 e. The second-order valence-corrected chi connectivity index (χ2v) is 4.57. The molecule has 3 heteroatoms. The second-order valence-electron chi connectivity index (χ2n) is 4.13. The maximum atomic E-state index is 10.5. The Morgan fingerprint density at radius 1 is 1.12 bits per heavy atom. The van der Waals surface area contributed by atoms with Gasteiger partial charge in [-0.05, 0) is 37.0 Å². The fourth-order valence-corrected chi connectivity index (χ4v) is 1.78. The van der Waals surface area contributed by atoms with Gasteiger partial charge in [-0.2, -0.15) is 0 Å². The first-order valence-corrected chi connectivity index (χ1v) is 6.44. The van der Waals surface area contributed by atoms with Crippen LogP contribution in [0.15, 0.2) is 24.3 Å². The van der Waals surface area contributed by atoms with Crippen LogP contribution in [0.25, 0.3) is 0 Å². The van der Waals surface area contributed by atoms with E-state index < -0.39 is 0 Å². The summed E-state index contributed by atoms with van der Waals surface area (Å²) in [6, 6.07) is 8.00. The summed E-state index contributed by atoms with van der Waals surface area (Å²) in [6.45, 7) is 2.00. The number of rotatable bonds is 7. The molecule has 2 nitrogen and oxygen atoms in total. The molecule has 1 rings (SSSR count). The predicted molar refractivity (Wildman–Crippen MR) is 70.3 cm³/mol. The van der Waals surface area contributed by atoms with Crippen molar-refractivity contribution < 1.29 is 9.53 Å². The largest absolute Gasteiger partial charge is 0.466 e. The van der Waals surface area contributed by atoms with Crippen LogP contribution in [0.5, 0.6) is 0 Å². The number of carbonyl (C=O) groups is 1. The third-order valence-electron chi connectivity index (χ3n) is 2.58. The number of aryl methyl sites for hydroxylation is 1. The molecule has 94 valence electrons. The Labute approximate surface area is 108 Å². The lowest BCUT2D eigenvalue weighted by Crippen LogP contribution is -2.00. The van der Waals surface area contributed by atoms with Crippen molar-refractivity contribution in [1.82, 2.24) is 0 Å². The van der Waals surface area contributed by atoms with Crippen LogP contribution in [0.4, 0.5) is 0 Å². The van der Waals surface area contributed by atoms with Crippen molar-refractivity contribution in [1.29, 1.82) is 0 Å². The fourth-order valence-electron chi connectivity index (χ4n) is 1.65. The molecule has 0 spiro atoms. The van der Waals surface area contributed by atoms with Gasteiger partial charge < -0.3 is 4.74 Å². The molecule has 0 aliphatic rings. The molecular formula is C14H19ClO2. The van der Waals surface area contributed by atoms with Crippen molar-refractivity contribution in [2.75, 3.05) is 6.61 Å². The Hall–Kier alpha value is -1.02. The molecular weight excluding hydrogens is 236 g/mol. The van der Waals surface area contributed by atoms with Crippen molar-refractivity contribution in [3.05, 3.63) is 34.9 Å². The summed E-state index contributed by atoms with van der Waals surface area (Å²) in [5, 5.41) is 0.787. The minimum atomic E-state index is -0.189. The lowest BCUT2D eigenvalue weighted by atomic mass is 10.1. The van der Waals surface area contributed by atoms with E-state index >= 15 is 0 Å². The average molecular weight is 255 g/mol. The summed E-state index contributed by atoms with van der Waals surface area (Å²) >= 11 is 5.81. The van der Waals surface area contributed by atoms with Crippen molar-refractivity contribution in [2.45, 2.75) is 39.0 Å². The van der Waals surface area contributed by atoms with Gasteiger partial charge in [-0.1, -0.05) is 36.6 Å². The summed E-state index contributed by atoms with van der Waals surface area (Å²) in [6.07, 6.45) is 5.50. The number of carbonyl (C=O) groups excluding carboxylic acids is 1. The summed E-state index contributed by atoms with van der Waals surface area (Å²) in [5.41, 5.74) is 1.33. The monoisotopic (exact) mass is 254 g/mol. The number of hydrogen-bond donors (Lipinski definition) is 0. The van der Waals surface area contributed by atoms with Crippen molar-refractivity contribution in [3.63, 3.8) is 0 Å². The summed E-state index contributed by atoms with van der Waals surface area (Å²) in [4.78, 5) is 10.5.